The summed E-state index contributed by atoms with van der Waals surface area (Å²) in [6.07, 6.45) is 6.49. The summed E-state index contributed by atoms with van der Waals surface area (Å²) in [5.41, 5.74) is 6.82. The van der Waals surface area contributed by atoms with Gasteiger partial charge in [0.2, 0.25) is 0 Å². The molecule has 0 saturated carbocycles. The molecule has 3 heterocycles. The minimum Gasteiger partial charge on any atom is -0.394 e. The molecule has 132 valence electrons. The van der Waals surface area contributed by atoms with E-state index >= 15 is 0 Å². The molecule has 4 N–H and O–H groups in total. The molecule has 1 aliphatic rings. The summed E-state index contributed by atoms with van der Waals surface area (Å²) < 4.78 is 7.58. The maximum absolute atomic E-state index is 10.7. The van der Waals surface area contributed by atoms with Gasteiger partial charge in [0.1, 0.15) is 17.9 Å². The zero-order chi connectivity index (χ0) is 17.1. The molecular formula is C16H25N5O3. The van der Waals surface area contributed by atoms with Gasteiger partial charge in [0.05, 0.1) is 19.0 Å². The van der Waals surface area contributed by atoms with Gasteiger partial charge >= 0.3 is 0 Å². The molecular weight excluding hydrogens is 310 g/mol. The van der Waals surface area contributed by atoms with Gasteiger partial charge in [-0.05, 0) is 6.42 Å². The first-order valence-electron chi connectivity index (χ1n) is 8.54. The van der Waals surface area contributed by atoms with E-state index in [4.69, 9.17) is 10.5 Å². The molecule has 0 amide bonds. The third kappa shape index (κ3) is 3.09. The van der Waals surface area contributed by atoms with Crippen molar-refractivity contribution in [2.45, 2.75) is 57.5 Å². The number of hydrogen-bond donors (Lipinski definition) is 3. The number of aromatic nitrogens is 4. The smallest absolute Gasteiger partial charge is 0.167 e. The van der Waals surface area contributed by atoms with Gasteiger partial charge in [-0.1, -0.05) is 32.6 Å². The van der Waals surface area contributed by atoms with Crippen molar-refractivity contribution in [3.63, 3.8) is 0 Å². The van der Waals surface area contributed by atoms with Gasteiger partial charge < -0.3 is 20.7 Å². The fourth-order valence-electron chi connectivity index (χ4n) is 3.42. The number of rotatable bonds is 7. The molecule has 1 fully saturated rings. The first kappa shape index (κ1) is 17.1. The Balaban J connectivity index is 1.79. The lowest BCUT2D eigenvalue weighted by Gasteiger charge is -2.19. The third-order valence-electron chi connectivity index (χ3n) is 4.75. The molecule has 1 saturated heterocycles. The second-order valence-electron chi connectivity index (χ2n) is 6.33. The van der Waals surface area contributed by atoms with Crippen LogP contribution >= 0.6 is 0 Å². The van der Waals surface area contributed by atoms with E-state index in [9.17, 15) is 10.2 Å². The van der Waals surface area contributed by atoms with Crippen LogP contribution in [0.5, 0.6) is 0 Å². The fourth-order valence-corrected chi connectivity index (χ4v) is 3.42. The van der Waals surface area contributed by atoms with Crippen LogP contribution in [0.1, 0.15) is 45.3 Å². The van der Waals surface area contributed by atoms with Gasteiger partial charge in [0.25, 0.3) is 0 Å². The van der Waals surface area contributed by atoms with Gasteiger partial charge in [-0.25, -0.2) is 15.0 Å². The van der Waals surface area contributed by atoms with Crippen LogP contribution < -0.4 is 5.73 Å². The van der Waals surface area contributed by atoms with Crippen LogP contribution in [-0.2, 0) is 4.74 Å². The number of anilines is 1. The van der Waals surface area contributed by atoms with Gasteiger partial charge in [-0.3, -0.25) is 4.57 Å². The number of imidazole rings is 1. The highest BCUT2D eigenvalue weighted by molar-refractivity contribution is 5.81. The van der Waals surface area contributed by atoms with E-state index in [2.05, 4.69) is 21.9 Å². The van der Waals surface area contributed by atoms with Gasteiger partial charge in [0, 0.05) is 5.92 Å². The average Bonchev–Trinajstić information content (AvgIpc) is 3.14. The highest BCUT2D eigenvalue weighted by Gasteiger charge is 2.44. The zero-order valence-corrected chi connectivity index (χ0v) is 13.9. The lowest BCUT2D eigenvalue weighted by atomic mass is 9.92. The number of hydrogen-bond acceptors (Lipinski definition) is 7. The van der Waals surface area contributed by atoms with E-state index < -0.39 is 12.3 Å². The van der Waals surface area contributed by atoms with E-state index in [1.165, 1.54) is 12.7 Å². The number of nitrogens with two attached hydrogens (primary N) is 1. The Morgan fingerprint density at radius 3 is 2.83 bits per heavy atom. The van der Waals surface area contributed by atoms with Crippen molar-refractivity contribution in [2.24, 2.45) is 5.92 Å². The first-order chi connectivity index (χ1) is 11.7. The number of ether oxygens (including phenoxy) is 1. The Kier molecular flexibility index (Phi) is 5.27. The second-order valence-corrected chi connectivity index (χ2v) is 6.33. The van der Waals surface area contributed by atoms with Crippen molar-refractivity contribution < 1.29 is 14.9 Å². The van der Waals surface area contributed by atoms with Crippen molar-refractivity contribution in [1.29, 1.82) is 0 Å². The summed E-state index contributed by atoms with van der Waals surface area (Å²) in [5.74, 6) is 0.189. The van der Waals surface area contributed by atoms with E-state index in [-0.39, 0.29) is 18.6 Å². The quantitative estimate of drug-likeness (QED) is 0.651. The zero-order valence-electron chi connectivity index (χ0n) is 13.9. The van der Waals surface area contributed by atoms with Gasteiger partial charge in [-0.15, -0.1) is 0 Å². The molecule has 0 aromatic carbocycles. The van der Waals surface area contributed by atoms with Crippen molar-refractivity contribution in [2.75, 3.05) is 12.3 Å². The van der Waals surface area contributed by atoms with Crippen molar-refractivity contribution >= 4 is 17.0 Å². The number of aliphatic hydroxyl groups is 2. The number of unbranched alkanes of at least 4 members (excludes halogenated alkanes) is 3. The molecule has 0 radical (unpaired) electrons. The number of nitrogen functional groups attached to an aromatic ring is 1. The largest absolute Gasteiger partial charge is 0.394 e. The summed E-state index contributed by atoms with van der Waals surface area (Å²) in [6, 6.07) is 0. The summed E-state index contributed by atoms with van der Waals surface area (Å²) in [4.78, 5) is 12.3. The average molecular weight is 335 g/mol. The molecule has 0 aliphatic carbocycles. The highest BCUT2D eigenvalue weighted by Crippen LogP contribution is 2.38. The Bertz CT molecular complexity index is 677. The standard InChI is InChI=1S/C16H25N5O3/c1-2-3-4-5-6-10-11(7-22)24-16(13(10)23)21-9-20-12-14(17)18-8-19-15(12)21/h8-11,13,16,22-23H,2-7H2,1H3,(H2,17,18,19). The molecule has 8 nitrogen and oxygen atoms in total. The predicted molar refractivity (Wildman–Crippen MR) is 89.0 cm³/mol. The normalized spacial score (nSPS) is 27.1. The SMILES string of the molecule is CCCCCCC1C(CO)OC(n2cnc3c(N)ncnc32)C1O. The molecule has 3 rings (SSSR count). The van der Waals surface area contributed by atoms with E-state index in [0.29, 0.717) is 17.0 Å². The Labute approximate surface area is 140 Å². The first-order valence-corrected chi connectivity index (χ1v) is 8.54. The molecule has 2 aromatic heterocycles. The molecule has 24 heavy (non-hydrogen) atoms. The van der Waals surface area contributed by atoms with E-state index in [1.807, 2.05) is 0 Å². The lowest BCUT2D eigenvalue weighted by molar-refractivity contribution is -0.0493. The maximum Gasteiger partial charge on any atom is 0.167 e. The summed E-state index contributed by atoms with van der Waals surface area (Å²) in [5, 5.41) is 20.4. The maximum atomic E-state index is 10.7. The minimum absolute atomic E-state index is 0.103. The van der Waals surface area contributed by atoms with Crippen molar-refractivity contribution in [1.82, 2.24) is 19.5 Å². The number of fused-ring (bicyclic) bond motifs is 1. The minimum atomic E-state index is -0.725. The van der Waals surface area contributed by atoms with Crippen LogP contribution in [0, 0.1) is 5.92 Å². The highest BCUT2D eigenvalue weighted by atomic mass is 16.5. The predicted octanol–water partition coefficient (Wildman–Crippen LogP) is 1.25. The summed E-state index contributed by atoms with van der Waals surface area (Å²) in [6.45, 7) is 2.05. The Hall–Kier alpha value is -1.77. The molecule has 2 aromatic rings. The molecule has 4 unspecified atom stereocenters. The summed E-state index contributed by atoms with van der Waals surface area (Å²) >= 11 is 0. The number of aliphatic hydroxyl groups excluding tert-OH is 2. The van der Waals surface area contributed by atoms with Crippen molar-refractivity contribution in [3.05, 3.63) is 12.7 Å². The van der Waals surface area contributed by atoms with Crippen LogP contribution in [0.15, 0.2) is 12.7 Å². The van der Waals surface area contributed by atoms with Crippen LogP contribution in [0.3, 0.4) is 0 Å². The lowest BCUT2D eigenvalue weighted by Crippen LogP contribution is -2.28. The van der Waals surface area contributed by atoms with Crippen LogP contribution in [0.2, 0.25) is 0 Å². The summed E-state index contributed by atoms with van der Waals surface area (Å²) in [7, 11) is 0. The van der Waals surface area contributed by atoms with Crippen LogP contribution in [-0.4, -0.2) is 48.5 Å². The molecule has 0 spiro atoms. The molecule has 0 bridgehead atoms. The fraction of sp³-hybridized carbons (Fsp3) is 0.688. The van der Waals surface area contributed by atoms with E-state index in [0.717, 1.165) is 25.7 Å². The Morgan fingerprint density at radius 1 is 1.25 bits per heavy atom. The van der Waals surface area contributed by atoms with Gasteiger partial charge in [-0.2, -0.15) is 0 Å². The van der Waals surface area contributed by atoms with Crippen molar-refractivity contribution in [3.8, 4) is 0 Å². The molecule has 4 atom stereocenters. The molecule has 1 aliphatic heterocycles. The van der Waals surface area contributed by atoms with E-state index in [1.54, 1.807) is 10.9 Å². The van der Waals surface area contributed by atoms with Gasteiger partial charge in [0.15, 0.2) is 17.7 Å². The topological polar surface area (TPSA) is 119 Å². The van der Waals surface area contributed by atoms with Crippen LogP contribution in [0.4, 0.5) is 5.82 Å². The second kappa shape index (κ2) is 7.42. The van der Waals surface area contributed by atoms with Crippen LogP contribution in [0.25, 0.3) is 11.2 Å². The monoisotopic (exact) mass is 335 g/mol. The third-order valence-corrected chi connectivity index (χ3v) is 4.75. The molecule has 8 heteroatoms. The number of nitrogens with zero attached hydrogens (tertiary/aromatic N) is 4. The Morgan fingerprint density at radius 2 is 2.08 bits per heavy atom.